The van der Waals surface area contributed by atoms with Gasteiger partial charge in [-0.2, -0.15) is 0 Å². The summed E-state index contributed by atoms with van der Waals surface area (Å²) in [6.45, 7) is 12.8. The number of nitrogens with two attached hydrogens (primary N) is 1. The van der Waals surface area contributed by atoms with Gasteiger partial charge in [0.1, 0.15) is 0 Å². The van der Waals surface area contributed by atoms with Gasteiger partial charge in [0.2, 0.25) is 11.8 Å². The first-order valence-corrected chi connectivity index (χ1v) is 8.18. The SMILES string of the molecule is CCN1CCN(CCNC(=O)CNC(=O)[C@@H](N)C(C)C)CC1. The van der Waals surface area contributed by atoms with E-state index in [9.17, 15) is 9.59 Å². The number of hydrogen-bond acceptors (Lipinski definition) is 5. The normalized spacial score (nSPS) is 18.2. The van der Waals surface area contributed by atoms with Crippen molar-refractivity contribution >= 4 is 11.8 Å². The Hall–Kier alpha value is -1.18. The average Bonchev–Trinajstić information content (AvgIpc) is 2.52. The van der Waals surface area contributed by atoms with Crippen molar-refractivity contribution in [3.63, 3.8) is 0 Å². The molecule has 0 aromatic carbocycles. The molecule has 4 N–H and O–H groups in total. The lowest BCUT2D eigenvalue weighted by atomic mass is 10.1. The van der Waals surface area contributed by atoms with Crippen LogP contribution >= 0.6 is 0 Å². The lowest BCUT2D eigenvalue weighted by Crippen LogP contribution is -2.49. The van der Waals surface area contributed by atoms with Crippen LogP contribution in [-0.4, -0.2) is 80.0 Å². The van der Waals surface area contributed by atoms with Gasteiger partial charge in [-0.05, 0) is 12.5 Å². The number of rotatable bonds is 8. The summed E-state index contributed by atoms with van der Waals surface area (Å²) in [5.41, 5.74) is 5.71. The van der Waals surface area contributed by atoms with Crippen LogP contribution < -0.4 is 16.4 Å². The van der Waals surface area contributed by atoms with E-state index >= 15 is 0 Å². The average molecular weight is 313 g/mol. The van der Waals surface area contributed by atoms with Crippen LogP contribution in [0, 0.1) is 5.92 Å². The fraction of sp³-hybridized carbons (Fsp3) is 0.867. The van der Waals surface area contributed by atoms with Crippen molar-refractivity contribution in [2.24, 2.45) is 11.7 Å². The highest BCUT2D eigenvalue weighted by Crippen LogP contribution is 2.00. The van der Waals surface area contributed by atoms with E-state index < -0.39 is 6.04 Å². The Morgan fingerprint density at radius 1 is 1.09 bits per heavy atom. The summed E-state index contributed by atoms with van der Waals surface area (Å²) in [5.74, 6) is -0.387. The number of nitrogens with zero attached hydrogens (tertiary/aromatic N) is 2. The molecule has 0 spiro atoms. The summed E-state index contributed by atoms with van der Waals surface area (Å²) in [6, 6.07) is -0.567. The first-order valence-electron chi connectivity index (χ1n) is 8.18. The van der Waals surface area contributed by atoms with Gasteiger partial charge in [0.05, 0.1) is 12.6 Å². The molecule has 1 aliphatic heterocycles. The molecular weight excluding hydrogens is 282 g/mol. The molecule has 1 heterocycles. The molecule has 0 unspecified atom stereocenters. The molecule has 22 heavy (non-hydrogen) atoms. The van der Waals surface area contributed by atoms with E-state index in [2.05, 4.69) is 27.4 Å². The van der Waals surface area contributed by atoms with Gasteiger partial charge in [-0.25, -0.2) is 0 Å². The van der Waals surface area contributed by atoms with Crippen LogP contribution in [0.25, 0.3) is 0 Å². The van der Waals surface area contributed by atoms with Crippen LogP contribution in [0.4, 0.5) is 0 Å². The molecule has 0 saturated carbocycles. The number of carbonyl (C=O) groups is 2. The molecule has 1 aliphatic rings. The van der Waals surface area contributed by atoms with Crippen molar-refractivity contribution in [3.05, 3.63) is 0 Å². The van der Waals surface area contributed by atoms with E-state index in [1.165, 1.54) is 0 Å². The second-order valence-corrected chi connectivity index (χ2v) is 6.11. The zero-order valence-corrected chi connectivity index (χ0v) is 14.1. The lowest BCUT2D eigenvalue weighted by molar-refractivity contribution is -0.127. The second-order valence-electron chi connectivity index (χ2n) is 6.11. The smallest absolute Gasteiger partial charge is 0.239 e. The fourth-order valence-electron chi connectivity index (χ4n) is 2.33. The predicted molar refractivity (Wildman–Crippen MR) is 87.4 cm³/mol. The molecule has 1 fully saturated rings. The maximum atomic E-state index is 11.7. The highest BCUT2D eigenvalue weighted by Gasteiger charge is 2.18. The van der Waals surface area contributed by atoms with Gasteiger partial charge in [0.15, 0.2) is 0 Å². The number of nitrogens with one attached hydrogen (secondary N) is 2. The Kier molecular flexibility index (Phi) is 8.37. The molecule has 128 valence electrons. The Balaban J connectivity index is 2.10. The van der Waals surface area contributed by atoms with Gasteiger partial charge in [-0.3, -0.25) is 14.5 Å². The van der Waals surface area contributed by atoms with Crippen LogP contribution in [0.2, 0.25) is 0 Å². The first-order chi connectivity index (χ1) is 10.4. The lowest BCUT2D eigenvalue weighted by Gasteiger charge is -2.33. The fourth-order valence-corrected chi connectivity index (χ4v) is 2.33. The Morgan fingerprint density at radius 3 is 2.23 bits per heavy atom. The van der Waals surface area contributed by atoms with Gasteiger partial charge >= 0.3 is 0 Å². The van der Waals surface area contributed by atoms with E-state index in [-0.39, 0.29) is 24.3 Å². The standard InChI is InChI=1S/C15H31N5O2/c1-4-19-7-9-20(10-8-19)6-5-17-13(21)11-18-15(22)14(16)12(2)3/h12,14H,4-11,16H2,1-3H3,(H,17,21)(H,18,22)/t14-/m0/s1. The van der Waals surface area contributed by atoms with Crippen molar-refractivity contribution in [1.82, 2.24) is 20.4 Å². The zero-order valence-electron chi connectivity index (χ0n) is 14.1. The summed E-state index contributed by atoms with van der Waals surface area (Å²) in [5, 5.41) is 5.40. The van der Waals surface area contributed by atoms with E-state index in [4.69, 9.17) is 5.73 Å². The highest BCUT2D eigenvalue weighted by molar-refractivity contribution is 5.87. The van der Waals surface area contributed by atoms with Crippen LogP contribution in [0.3, 0.4) is 0 Å². The molecule has 1 atom stereocenters. The van der Waals surface area contributed by atoms with Crippen LogP contribution in [-0.2, 0) is 9.59 Å². The summed E-state index contributed by atoms with van der Waals surface area (Å²) < 4.78 is 0. The number of hydrogen-bond donors (Lipinski definition) is 3. The predicted octanol–water partition coefficient (Wildman–Crippen LogP) is -1.16. The van der Waals surface area contributed by atoms with Crippen molar-refractivity contribution in [2.75, 3.05) is 52.4 Å². The summed E-state index contributed by atoms with van der Waals surface area (Å²) >= 11 is 0. The van der Waals surface area contributed by atoms with Crippen molar-refractivity contribution in [2.45, 2.75) is 26.8 Å². The maximum absolute atomic E-state index is 11.7. The second kappa shape index (κ2) is 9.76. The summed E-state index contributed by atoms with van der Waals surface area (Å²) in [6.07, 6.45) is 0. The van der Waals surface area contributed by atoms with Gasteiger partial charge in [0, 0.05) is 39.3 Å². The van der Waals surface area contributed by atoms with E-state index in [0.717, 1.165) is 39.3 Å². The maximum Gasteiger partial charge on any atom is 0.239 e. The third-order valence-electron chi connectivity index (χ3n) is 4.11. The third kappa shape index (κ3) is 6.72. The Morgan fingerprint density at radius 2 is 1.68 bits per heavy atom. The minimum absolute atomic E-state index is 0.0110. The van der Waals surface area contributed by atoms with Gasteiger partial charge in [0.25, 0.3) is 0 Å². The zero-order chi connectivity index (χ0) is 16.5. The minimum Gasteiger partial charge on any atom is -0.353 e. The molecule has 7 nitrogen and oxygen atoms in total. The number of carbonyl (C=O) groups excluding carboxylic acids is 2. The topological polar surface area (TPSA) is 90.7 Å². The van der Waals surface area contributed by atoms with Crippen molar-refractivity contribution in [1.29, 1.82) is 0 Å². The molecule has 0 bridgehead atoms. The molecule has 0 aliphatic carbocycles. The first kappa shape index (κ1) is 18.9. The highest BCUT2D eigenvalue weighted by atomic mass is 16.2. The Bertz CT molecular complexity index is 354. The van der Waals surface area contributed by atoms with Crippen molar-refractivity contribution < 1.29 is 9.59 Å². The van der Waals surface area contributed by atoms with E-state index in [0.29, 0.717) is 6.54 Å². The quantitative estimate of drug-likeness (QED) is 0.526. The monoisotopic (exact) mass is 313 g/mol. The molecule has 2 amide bonds. The van der Waals surface area contributed by atoms with Gasteiger partial charge < -0.3 is 21.3 Å². The van der Waals surface area contributed by atoms with E-state index in [1.807, 2.05) is 13.8 Å². The van der Waals surface area contributed by atoms with Crippen LogP contribution in [0.1, 0.15) is 20.8 Å². The summed E-state index contributed by atoms with van der Waals surface area (Å²) in [7, 11) is 0. The molecule has 0 aromatic heterocycles. The number of piperazine rings is 1. The van der Waals surface area contributed by atoms with Gasteiger partial charge in [-0.1, -0.05) is 20.8 Å². The molecular formula is C15H31N5O2. The molecule has 7 heteroatoms. The van der Waals surface area contributed by atoms with E-state index in [1.54, 1.807) is 0 Å². The largest absolute Gasteiger partial charge is 0.353 e. The van der Waals surface area contributed by atoms with Gasteiger partial charge in [-0.15, -0.1) is 0 Å². The van der Waals surface area contributed by atoms with Crippen molar-refractivity contribution in [3.8, 4) is 0 Å². The number of likely N-dealkylation sites (N-methyl/N-ethyl adjacent to an activating group) is 1. The van der Waals surface area contributed by atoms with Crippen LogP contribution in [0.15, 0.2) is 0 Å². The molecule has 0 radical (unpaired) electrons. The molecule has 0 aromatic rings. The van der Waals surface area contributed by atoms with Crippen LogP contribution in [0.5, 0.6) is 0 Å². The summed E-state index contributed by atoms with van der Waals surface area (Å²) in [4.78, 5) is 28.1. The molecule has 1 saturated heterocycles. The molecule has 1 rings (SSSR count). The third-order valence-corrected chi connectivity index (χ3v) is 4.11. The number of amides is 2. The Labute approximate surface area is 133 Å². The minimum atomic E-state index is -0.567.